The van der Waals surface area contributed by atoms with Gasteiger partial charge in [-0.05, 0) is 7.05 Å². The number of nitrogens with one attached hydrogen (secondary N) is 1. The van der Waals surface area contributed by atoms with Gasteiger partial charge in [0.15, 0.2) is 5.78 Å². The van der Waals surface area contributed by atoms with Gasteiger partial charge in [-0.25, -0.2) is 0 Å². The molecule has 1 aliphatic carbocycles. The minimum atomic E-state index is -1.75. The third kappa shape index (κ3) is 2.53. The number of Topliss-reactive ketones (excluding diaryl/α,β-unsaturated/α-hetero) is 1. The lowest BCUT2D eigenvalue weighted by Crippen LogP contribution is -2.57. The smallest absolute Gasteiger partial charge is 0.178 e. The van der Waals surface area contributed by atoms with Crippen molar-refractivity contribution in [3.05, 3.63) is 0 Å². The molecule has 6 nitrogen and oxygen atoms in total. The van der Waals surface area contributed by atoms with Crippen LogP contribution in [0.5, 0.6) is 0 Å². The first-order valence-corrected chi connectivity index (χ1v) is 4.85. The lowest BCUT2D eigenvalue weighted by Gasteiger charge is -2.39. The van der Waals surface area contributed by atoms with Crippen molar-refractivity contribution in [3.63, 3.8) is 0 Å². The van der Waals surface area contributed by atoms with Crippen LogP contribution < -0.4 is 5.32 Å². The zero-order chi connectivity index (χ0) is 11.6. The van der Waals surface area contributed by atoms with Crippen molar-refractivity contribution in [2.24, 2.45) is 0 Å². The predicted molar refractivity (Wildman–Crippen MR) is 51.1 cm³/mol. The second-order valence-electron chi connectivity index (χ2n) is 4.02. The largest absolute Gasteiger partial charge is 0.390 e. The Morgan fingerprint density at radius 1 is 1.33 bits per heavy atom. The fourth-order valence-electron chi connectivity index (χ4n) is 1.83. The molecule has 0 saturated heterocycles. The summed E-state index contributed by atoms with van der Waals surface area (Å²) in [5.41, 5.74) is -1.75. The maximum Gasteiger partial charge on any atom is 0.178 e. The number of carbonyl (C=O) groups is 1. The highest BCUT2D eigenvalue weighted by Crippen LogP contribution is 2.29. The number of hydrogen-bond acceptors (Lipinski definition) is 6. The molecule has 1 fully saturated rings. The van der Waals surface area contributed by atoms with Gasteiger partial charge in [0.25, 0.3) is 0 Å². The molecule has 0 aliphatic heterocycles. The van der Waals surface area contributed by atoms with Crippen LogP contribution in [0.3, 0.4) is 0 Å². The van der Waals surface area contributed by atoms with Gasteiger partial charge in [0.05, 0.1) is 18.8 Å². The van der Waals surface area contributed by atoms with Crippen molar-refractivity contribution in [2.75, 3.05) is 13.6 Å². The molecule has 0 amide bonds. The van der Waals surface area contributed by atoms with Gasteiger partial charge in [0, 0.05) is 12.8 Å². The Balaban J connectivity index is 2.74. The number of ketones is 1. The Morgan fingerprint density at radius 3 is 2.20 bits per heavy atom. The lowest BCUT2D eigenvalue weighted by molar-refractivity contribution is -0.170. The second kappa shape index (κ2) is 4.54. The van der Waals surface area contributed by atoms with Gasteiger partial charge in [-0.3, -0.25) is 4.79 Å². The van der Waals surface area contributed by atoms with Crippen LogP contribution in [0.4, 0.5) is 0 Å². The highest BCUT2D eigenvalue weighted by Gasteiger charge is 2.47. The standard InChI is InChI=1S/C9H17NO5/c1-10-4-7(13)9(15)2-5(11)8(14)6(12)3-9/h5-6,8,10-12,14-15H,2-4H2,1H3/t5-,6-,8?,9?/m1/s1. The quantitative estimate of drug-likeness (QED) is 0.355. The van der Waals surface area contributed by atoms with Gasteiger partial charge in [-0.2, -0.15) is 0 Å². The van der Waals surface area contributed by atoms with E-state index < -0.39 is 29.7 Å². The zero-order valence-corrected chi connectivity index (χ0v) is 8.55. The van der Waals surface area contributed by atoms with E-state index >= 15 is 0 Å². The fraction of sp³-hybridized carbons (Fsp3) is 0.889. The van der Waals surface area contributed by atoms with Crippen LogP contribution in [0.1, 0.15) is 12.8 Å². The molecular weight excluding hydrogens is 202 g/mol. The molecule has 0 aromatic rings. The number of likely N-dealkylation sites (N-methyl/N-ethyl adjacent to an activating group) is 1. The van der Waals surface area contributed by atoms with Crippen LogP contribution in [0.15, 0.2) is 0 Å². The van der Waals surface area contributed by atoms with Crippen LogP contribution in [0.2, 0.25) is 0 Å². The first kappa shape index (κ1) is 12.5. The summed E-state index contributed by atoms with van der Waals surface area (Å²) in [6, 6.07) is 0. The van der Waals surface area contributed by atoms with Crippen LogP contribution in [0, 0.1) is 0 Å². The summed E-state index contributed by atoms with van der Waals surface area (Å²) in [4.78, 5) is 11.5. The zero-order valence-electron chi connectivity index (χ0n) is 8.55. The van der Waals surface area contributed by atoms with Gasteiger partial charge in [-0.1, -0.05) is 0 Å². The van der Waals surface area contributed by atoms with Crippen molar-refractivity contribution >= 4 is 5.78 Å². The van der Waals surface area contributed by atoms with E-state index in [4.69, 9.17) is 0 Å². The number of rotatable bonds is 3. The lowest BCUT2D eigenvalue weighted by atomic mass is 9.77. The highest BCUT2D eigenvalue weighted by molar-refractivity contribution is 5.89. The van der Waals surface area contributed by atoms with E-state index in [-0.39, 0.29) is 19.4 Å². The fourth-order valence-corrected chi connectivity index (χ4v) is 1.83. The van der Waals surface area contributed by atoms with Crippen LogP contribution in [-0.2, 0) is 4.79 Å². The van der Waals surface area contributed by atoms with E-state index in [0.717, 1.165) is 0 Å². The maximum atomic E-state index is 11.5. The molecule has 1 aliphatic rings. The highest BCUT2D eigenvalue weighted by atomic mass is 16.4. The summed E-state index contributed by atoms with van der Waals surface area (Å²) >= 11 is 0. The summed E-state index contributed by atoms with van der Waals surface area (Å²) in [5.74, 6) is -0.491. The van der Waals surface area contributed by atoms with E-state index in [1.165, 1.54) is 0 Å². The topological polar surface area (TPSA) is 110 Å². The summed E-state index contributed by atoms with van der Waals surface area (Å²) in [5, 5.41) is 40.5. The SMILES string of the molecule is CNCC(=O)C1(O)C[C@@H](O)C(O)[C@H](O)C1. The number of hydrogen-bond donors (Lipinski definition) is 5. The van der Waals surface area contributed by atoms with E-state index in [1.807, 2.05) is 0 Å². The Morgan fingerprint density at radius 2 is 1.80 bits per heavy atom. The van der Waals surface area contributed by atoms with E-state index in [9.17, 15) is 25.2 Å². The molecule has 5 N–H and O–H groups in total. The summed E-state index contributed by atoms with van der Waals surface area (Å²) in [6.45, 7) is -0.0357. The van der Waals surface area contributed by atoms with Gasteiger partial charge >= 0.3 is 0 Å². The van der Waals surface area contributed by atoms with Crippen molar-refractivity contribution in [1.82, 2.24) is 5.32 Å². The van der Waals surface area contributed by atoms with Crippen molar-refractivity contribution < 1.29 is 25.2 Å². The minimum absolute atomic E-state index is 0.0357. The minimum Gasteiger partial charge on any atom is -0.390 e. The average molecular weight is 219 g/mol. The van der Waals surface area contributed by atoms with Crippen LogP contribution in [0.25, 0.3) is 0 Å². The molecule has 2 atom stereocenters. The van der Waals surface area contributed by atoms with Crippen LogP contribution in [-0.4, -0.2) is 63.7 Å². The normalized spacial score (nSPS) is 41.5. The molecule has 1 saturated carbocycles. The van der Waals surface area contributed by atoms with Gasteiger partial charge in [-0.15, -0.1) is 0 Å². The van der Waals surface area contributed by atoms with Gasteiger partial charge in [0.1, 0.15) is 11.7 Å². The van der Waals surface area contributed by atoms with E-state index in [2.05, 4.69) is 5.32 Å². The summed E-state index contributed by atoms with van der Waals surface area (Å²) in [6.07, 6.45) is -4.34. The van der Waals surface area contributed by atoms with Crippen molar-refractivity contribution in [2.45, 2.75) is 36.8 Å². The maximum absolute atomic E-state index is 11.5. The third-order valence-corrected chi connectivity index (χ3v) is 2.74. The molecule has 0 radical (unpaired) electrons. The van der Waals surface area contributed by atoms with Crippen molar-refractivity contribution in [1.29, 1.82) is 0 Å². The second-order valence-corrected chi connectivity index (χ2v) is 4.02. The molecule has 0 bridgehead atoms. The molecule has 0 heterocycles. The third-order valence-electron chi connectivity index (χ3n) is 2.74. The molecule has 0 spiro atoms. The molecule has 88 valence electrons. The molecule has 0 aromatic carbocycles. The van der Waals surface area contributed by atoms with E-state index in [1.54, 1.807) is 7.05 Å². The number of carbonyl (C=O) groups excluding carboxylic acids is 1. The monoisotopic (exact) mass is 219 g/mol. The molecule has 15 heavy (non-hydrogen) atoms. The van der Waals surface area contributed by atoms with E-state index in [0.29, 0.717) is 0 Å². The first-order chi connectivity index (χ1) is 6.90. The Bertz CT molecular complexity index is 233. The summed E-state index contributed by atoms with van der Waals surface area (Å²) < 4.78 is 0. The molecule has 6 heteroatoms. The number of aliphatic hydroxyl groups is 4. The Labute approximate surface area is 87.5 Å². The number of aliphatic hydroxyl groups excluding tert-OH is 3. The average Bonchev–Trinajstić information content (AvgIpc) is 2.14. The van der Waals surface area contributed by atoms with Crippen molar-refractivity contribution in [3.8, 4) is 0 Å². The molecule has 0 unspecified atom stereocenters. The van der Waals surface area contributed by atoms with Crippen LogP contribution >= 0.6 is 0 Å². The molecular formula is C9H17NO5. The Kier molecular flexibility index (Phi) is 3.80. The Hall–Kier alpha value is -0.530. The predicted octanol–water partition coefficient (Wildman–Crippen LogP) is -2.62. The molecule has 1 rings (SSSR count). The first-order valence-electron chi connectivity index (χ1n) is 4.85. The van der Waals surface area contributed by atoms with Gasteiger partial charge < -0.3 is 25.7 Å². The van der Waals surface area contributed by atoms with Gasteiger partial charge in [0.2, 0.25) is 0 Å². The molecule has 0 aromatic heterocycles. The summed E-state index contributed by atoms with van der Waals surface area (Å²) in [7, 11) is 1.56.